The first kappa shape index (κ1) is 18.0. The average molecular weight is 255 g/mol. The van der Waals surface area contributed by atoms with E-state index >= 15 is 0 Å². The van der Waals surface area contributed by atoms with Crippen molar-refractivity contribution in [3.8, 4) is 0 Å². The van der Waals surface area contributed by atoms with E-state index < -0.39 is 0 Å². The second kappa shape index (κ2) is 6.41. The van der Waals surface area contributed by atoms with Crippen LogP contribution in [0.3, 0.4) is 0 Å². The monoisotopic (exact) mass is 255 g/mol. The highest BCUT2D eigenvalue weighted by molar-refractivity contribution is 4.82. The van der Waals surface area contributed by atoms with Crippen LogP contribution < -0.4 is 0 Å². The standard InChI is InChI=1S/C17H37N/c1-10-11-16(5,6)12-13-17(7,8)14-18(9)15(2,3)4/h10-14H2,1-9H3. The maximum Gasteiger partial charge on any atom is 0.0122 e. The average Bonchev–Trinajstić information content (AvgIpc) is 2.13. The molecule has 0 aliphatic carbocycles. The Balaban J connectivity index is 4.32. The van der Waals surface area contributed by atoms with Gasteiger partial charge in [0.2, 0.25) is 0 Å². The van der Waals surface area contributed by atoms with Crippen LogP contribution in [0, 0.1) is 10.8 Å². The van der Waals surface area contributed by atoms with Crippen LogP contribution in [0.1, 0.15) is 81.1 Å². The molecule has 0 aliphatic heterocycles. The van der Waals surface area contributed by atoms with Crippen LogP contribution in [0.4, 0.5) is 0 Å². The molecular formula is C17H37N. The Kier molecular flexibility index (Phi) is 6.40. The molecule has 0 fully saturated rings. The van der Waals surface area contributed by atoms with Gasteiger partial charge in [0.1, 0.15) is 0 Å². The Hall–Kier alpha value is -0.0400. The van der Waals surface area contributed by atoms with Gasteiger partial charge in [-0.05, 0) is 57.9 Å². The normalized spacial score (nSPS) is 14.3. The Labute approximate surface area is 116 Å². The van der Waals surface area contributed by atoms with Crippen molar-refractivity contribution in [1.29, 1.82) is 0 Å². The summed E-state index contributed by atoms with van der Waals surface area (Å²) in [7, 11) is 2.25. The van der Waals surface area contributed by atoms with E-state index in [1.54, 1.807) is 0 Å². The van der Waals surface area contributed by atoms with Crippen molar-refractivity contribution in [1.82, 2.24) is 4.90 Å². The number of nitrogens with zero attached hydrogens (tertiary/aromatic N) is 1. The van der Waals surface area contributed by atoms with Gasteiger partial charge in [-0.2, -0.15) is 0 Å². The summed E-state index contributed by atoms with van der Waals surface area (Å²) in [6.07, 6.45) is 5.31. The third-order valence-corrected chi connectivity index (χ3v) is 4.22. The van der Waals surface area contributed by atoms with Gasteiger partial charge in [-0.15, -0.1) is 0 Å². The predicted octanol–water partition coefficient (Wildman–Crippen LogP) is 5.35. The van der Waals surface area contributed by atoms with E-state index in [1.165, 1.54) is 32.2 Å². The highest BCUT2D eigenvalue weighted by atomic mass is 15.2. The maximum atomic E-state index is 2.49. The van der Waals surface area contributed by atoms with Crippen molar-refractivity contribution >= 4 is 0 Å². The molecule has 0 bridgehead atoms. The predicted molar refractivity (Wildman–Crippen MR) is 84.1 cm³/mol. The number of rotatable bonds is 7. The Bertz CT molecular complexity index is 232. The molecule has 0 amide bonds. The Morgan fingerprint density at radius 3 is 1.56 bits per heavy atom. The number of hydrogen-bond acceptors (Lipinski definition) is 1. The fraction of sp³-hybridized carbons (Fsp3) is 1.00. The van der Waals surface area contributed by atoms with E-state index in [1.807, 2.05) is 0 Å². The van der Waals surface area contributed by atoms with Crippen molar-refractivity contribution < 1.29 is 0 Å². The SMILES string of the molecule is CCCC(C)(C)CCC(C)(C)CN(C)C(C)(C)C. The molecule has 0 saturated carbocycles. The summed E-state index contributed by atoms with van der Waals surface area (Å²) in [5.74, 6) is 0. The quantitative estimate of drug-likeness (QED) is 0.593. The first-order chi connectivity index (χ1) is 7.90. The molecule has 0 rings (SSSR count). The molecule has 0 heterocycles. The summed E-state index contributed by atoms with van der Waals surface area (Å²) in [5, 5.41) is 0. The topological polar surface area (TPSA) is 3.24 Å². The summed E-state index contributed by atoms with van der Waals surface area (Å²) in [5.41, 5.74) is 1.19. The van der Waals surface area contributed by atoms with Crippen molar-refractivity contribution in [2.45, 2.75) is 86.6 Å². The fourth-order valence-electron chi connectivity index (χ4n) is 2.44. The molecule has 110 valence electrons. The van der Waals surface area contributed by atoms with Crippen LogP contribution in [0.5, 0.6) is 0 Å². The minimum absolute atomic E-state index is 0.274. The molecule has 0 aromatic rings. The van der Waals surface area contributed by atoms with E-state index in [9.17, 15) is 0 Å². The Morgan fingerprint density at radius 2 is 1.17 bits per heavy atom. The zero-order chi connectivity index (χ0) is 14.6. The molecule has 0 radical (unpaired) electrons. The molecule has 0 atom stereocenters. The second-order valence-electron chi connectivity index (χ2n) is 8.61. The molecular weight excluding hydrogens is 218 g/mol. The lowest BCUT2D eigenvalue weighted by molar-refractivity contribution is 0.0991. The smallest absolute Gasteiger partial charge is 0.0122 e. The molecule has 0 aliphatic rings. The van der Waals surface area contributed by atoms with Gasteiger partial charge >= 0.3 is 0 Å². The van der Waals surface area contributed by atoms with Crippen LogP contribution >= 0.6 is 0 Å². The summed E-state index contributed by atoms with van der Waals surface area (Å²) < 4.78 is 0. The molecule has 0 aromatic heterocycles. The van der Waals surface area contributed by atoms with Gasteiger partial charge in [0.05, 0.1) is 0 Å². The molecule has 0 N–H and O–H groups in total. The summed E-state index contributed by atoms with van der Waals surface area (Å²) >= 11 is 0. The van der Waals surface area contributed by atoms with Crippen LogP contribution in [0.15, 0.2) is 0 Å². The summed E-state index contributed by atoms with van der Waals surface area (Å²) in [4.78, 5) is 2.49. The molecule has 1 heteroatoms. The molecule has 18 heavy (non-hydrogen) atoms. The van der Waals surface area contributed by atoms with Gasteiger partial charge in [-0.25, -0.2) is 0 Å². The van der Waals surface area contributed by atoms with Crippen molar-refractivity contribution in [3.05, 3.63) is 0 Å². The van der Waals surface area contributed by atoms with Gasteiger partial charge in [0.25, 0.3) is 0 Å². The minimum Gasteiger partial charge on any atom is -0.301 e. The Morgan fingerprint density at radius 1 is 0.722 bits per heavy atom. The van der Waals surface area contributed by atoms with E-state index in [0.29, 0.717) is 10.8 Å². The van der Waals surface area contributed by atoms with Gasteiger partial charge < -0.3 is 4.90 Å². The maximum absolute atomic E-state index is 2.49. The van der Waals surface area contributed by atoms with Gasteiger partial charge in [-0.3, -0.25) is 0 Å². The van der Waals surface area contributed by atoms with Crippen LogP contribution in [-0.4, -0.2) is 24.0 Å². The lowest BCUT2D eigenvalue weighted by Crippen LogP contribution is -2.43. The molecule has 0 aromatic carbocycles. The summed E-state index contributed by atoms with van der Waals surface area (Å²) in [6.45, 7) is 20.0. The number of hydrogen-bond donors (Lipinski definition) is 0. The van der Waals surface area contributed by atoms with Crippen molar-refractivity contribution in [3.63, 3.8) is 0 Å². The first-order valence-corrected chi connectivity index (χ1v) is 7.61. The fourth-order valence-corrected chi connectivity index (χ4v) is 2.44. The van der Waals surface area contributed by atoms with E-state index in [0.717, 1.165) is 0 Å². The van der Waals surface area contributed by atoms with Crippen molar-refractivity contribution in [2.24, 2.45) is 10.8 Å². The van der Waals surface area contributed by atoms with Gasteiger partial charge in [-0.1, -0.05) is 41.0 Å². The third kappa shape index (κ3) is 7.41. The van der Waals surface area contributed by atoms with E-state index in [-0.39, 0.29) is 5.54 Å². The molecule has 1 nitrogen and oxygen atoms in total. The zero-order valence-electron chi connectivity index (χ0n) is 14.5. The highest BCUT2D eigenvalue weighted by Gasteiger charge is 2.28. The minimum atomic E-state index is 0.274. The van der Waals surface area contributed by atoms with Gasteiger partial charge in [0, 0.05) is 12.1 Å². The lowest BCUT2D eigenvalue weighted by Gasteiger charge is -2.39. The first-order valence-electron chi connectivity index (χ1n) is 7.61. The lowest BCUT2D eigenvalue weighted by atomic mass is 9.76. The van der Waals surface area contributed by atoms with Crippen LogP contribution in [-0.2, 0) is 0 Å². The summed E-state index contributed by atoms with van der Waals surface area (Å²) in [6, 6.07) is 0. The largest absolute Gasteiger partial charge is 0.301 e. The molecule has 0 saturated heterocycles. The zero-order valence-corrected chi connectivity index (χ0v) is 14.5. The molecule has 0 unspecified atom stereocenters. The highest BCUT2D eigenvalue weighted by Crippen LogP contribution is 2.35. The van der Waals surface area contributed by atoms with E-state index in [2.05, 4.69) is 67.3 Å². The van der Waals surface area contributed by atoms with Crippen LogP contribution in [0.25, 0.3) is 0 Å². The molecule has 0 spiro atoms. The van der Waals surface area contributed by atoms with Crippen molar-refractivity contribution in [2.75, 3.05) is 13.6 Å². The third-order valence-electron chi connectivity index (χ3n) is 4.22. The van der Waals surface area contributed by atoms with E-state index in [4.69, 9.17) is 0 Å². The van der Waals surface area contributed by atoms with Gasteiger partial charge in [0.15, 0.2) is 0 Å². The second-order valence-corrected chi connectivity index (χ2v) is 8.61. The van der Waals surface area contributed by atoms with Crippen LogP contribution in [0.2, 0.25) is 0 Å².